The molecule has 2 unspecified atom stereocenters. The van der Waals surface area contributed by atoms with Crippen LogP contribution in [0.15, 0.2) is 0 Å². The number of rotatable bonds is 3. The molecular weight excluding hydrogens is 180 g/mol. The van der Waals surface area contributed by atoms with E-state index in [-0.39, 0.29) is 17.9 Å². The molecule has 0 radical (unpaired) electrons. The lowest BCUT2D eigenvalue weighted by molar-refractivity contribution is -0.126. The van der Waals surface area contributed by atoms with Gasteiger partial charge < -0.3 is 15.7 Å². The van der Waals surface area contributed by atoms with Crippen molar-refractivity contribution in [1.82, 2.24) is 10.6 Å². The van der Waals surface area contributed by atoms with Crippen molar-refractivity contribution >= 4 is 5.91 Å². The van der Waals surface area contributed by atoms with Crippen molar-refractivity contribution in [2.45, 2.75) is 38.8 Å². The Hall–Kier alpha value is -0.610. The summed E-state index contributed by atoms with van der Waals surface area (Å²) in [6.45, 7) is 5.27. The van der Waals surface area contributed by atoms with Gasteiger partial charge in [-0.1, -0.05) is 0 Å². The second-order valence-electron chi connectivity index (χ2n) is 4.08. The third kappa shape index (κ3) is 3.27. The number of piperidine rings is 1. The van der Waals surface area contributed by atoms with Crippen molar-refractivity contribution in [1.29, 1.82) is 0 Å². The molecule has 1 heterocycles. The zero-order valence-electron chi connectivity index (χ0n) is 8.92. The number of carbonyl (C=O) groups excluding carboxylic acids is 1. The molecule has 1 amide bonds. The van der Waals surface area contributed by atoms with Crippen LogP contribution in [-0.2, 0) is 4.79 Å². The molecule has 4 nitrogen and oxygen atoms in total. The predicted molar refractivity (Wildman–Crippen MR) is 54.9 cm³/mol. The Morgan fingerprint density at radius 2 is 2.29 bits per heavy atom. The highest BCUT2D eigenvalue weighted by Gasteiger charge is 2.22. The van der Waals surface area contributed by atoms with Crippen molar-refractivity contribution in [3.05, 3.63) is 0 Å². The highest BCUT2D eigenvalue weighted by Crippen LogP contribution is 2.10. The fourth-order valence-corrected chi connectivity index (χ4v) is 1.54. The van der Waals surface area contributed by atoms with Gasteiger partial charge in [-0.3, -0.25) is 4.79 Å². The predicted octanol–water partition coefficient (Wildman–Crippen LogP) is -0.128. The first-order chi connectivity index (χ1) is 6.61. The SMILES string of the molecule is CC(O)C(C)NC(=O)[C@H]1CCCNC1. The van der Waals surface area contributed by atoms with Crippen LogP contribution in [0.4, 0.5) is 0 Å². The van der Waals surface area contributed by atoms with Crippen molar-refractivity contribution in [3.63, 3.8) is 0 Å². The van der Waals surface area contributed by atoms with E-state index in [4.69, 9.17) is 0 Å². The molecule has 0 spiro atoms. The number of amides is 1. The number of aliphatic hydroxyl groups excluding tert-OH is 1. The molecule has 0 saturated carbocycles. The van der Waals surface area contributed by atoms with E-state index in [1.165, 1.54) is 0 Å². The summed E-state index contributed by atoms with van der Waals surface area (Å²) in [6, 6.07) is -0.163. The third-order valence-electron chi connectivity index (χ3n) is 2.76. The van der Waals surface area contributed by atoms with Crippen molar-refractivity contribution in [2.24, 2.45) is 5.92 Å². The van der Waals surface area contributed by atoms with E-state index in [0.29, 0.717) is 0 Å². The van der Waals surface area contributed by atoms with Gasteiger partial charge in [-0.25, -0.2) is 0 Å². The van der Waals surface area contributed by atoms with E-state index in [1.54, 1.807) is 6.92 Å². The lowest BCUT2D eigenvalue weighted by Crippen LogP contribution is -2.46. The second kappa shape index (κ2) is 5.32. The summed E-state index contributed by atoms with van der Waals surface area (Å²) in [7, 11) is 0. The van der Waals surface area contributed by atoms with Gasteiger partial charge in [-0.15, -0.1) is 0 Å². The van der Waals surface area contributed by atoms with Gasteiger partial charge in [0.15, 0.2) is 0 Å². The minimum Gasteiger partial charge on any atom is -0.391 e. The van der Waals surface area contributed by atoms with Gasteiger partial charge in [-0.2, -0.15) is 0 Å². The van der Waals surface area contributed by atoms with Gasteiger partial charge >= 0.3 is 0 Å². The van der Waals surface area contributed by atoms with Crippen LogP contribution in [-0.4, -0.2) is 36.2 Å². The summed E-state index contributed by atoms with van der Waals surface area (Å²) in [5, 5.41) is 15.3. The normalized spacial score (nSPS) is 26.6. The van der Waals surface area contributed by atoms with Crippen molar-refractivity contribution in [3.8, 4) is 0 Å². The molecular formula is C10H20N2O2. The fraction of sp³-hybridized carbons (Fsp3) is 0.900. The number of aliphatic hydroxyl groups is 1. The minimum atomic E-state index is -0.490. The smallest absolute Gasteiger partial charge is 0.224 e. The van der Waals surface area contributed by atoms with Gasteiger partial charge in [-0.05, 0) is 33.2 Å². The highest BCUT2D eigenvalue weighted by molar-refractivity contribution is 5.79. The van der Waals surface area contributed by atoms with Crippen LogP contribution in [0.1, 0.15) is 26.7 Å². The maximum absolute atomic E-state index is 11.7. The first-order valence-electron chi connectivity index (χ1n) is 5.30. The van der Waals surface area contributed by atoms with Crippen LogP contribution < -0.4 is 10.6 Å². The molecule has 14 heavy (non-hydrogen) atoms. The topological polar surface area (TPSA) is 61.4 Å². The highest BCUT2D eigenvalue weighted by atomic mass is 16.3. The van der Waals surface area contributed by atoms with Gasteiger partial charge in [0.2, 0.25) is 5.91 Å². The van der Waals surface area contributed by atoms with Gasteiger partial charge in [0, 0.05) is 6.54 Å². The molecule has 0 aromatic carbocycles. The largest absolute Gasteiger partial charge is 0.391 e. The Morgan fingerprint density at radius 3 is 2.79 bits per heavy atom. The van der Waals surface area contributed by atoms with E-state index in [1.807, 2.05) is 6.92 Å². The second-order valence-corrected chi connectivity index (χ2v) is 4.08. The molecule has 0 aromatic rings. The Balaban J connectivity index is 2.33. The molecule has 0 aromatic heterocycles. The number of nitrogens with one attached hydrogen (secondary N) is 2. The van der Waals surface area contributed by atoms with Crippen LogP contribution >= 0.6 is 0 Å². The summed E-state index contributed by atoms with van der Waals surface area (Å²) in [5.41, 5.74) is 0. The average Bonchev–Trinajstić information content (AvgIpc) is 2.19. The molecule has 1 aliphatic heterocycles. The van der Waals surface area contributed by atoms with E-state index in [2.05, 4.69) is 10.6 Å². The summed E-state index contributed by atoms with van der Waals surface area (Å²) in [6.07, 6.45) is 1.52. The van der Waals surface area contributed by atoms with Crippen LogP contribution in [0.5, 0.6) is 0 Å². The average molecular weight is 200 g/mol. The lowest BCUT2D eigenvalue weighted by atomic mass is 9.98. The number of hydrogen-bond acceptors (Lipinski definition) is 3. The number of hydrogen-bond donors (Lipinski definition) is 3. The summed E-state index contributed by atoms with van der Waals surface area (Å²) >= 11 is 0. The van der Waals surface area contributed by atoms with Gasteiger partial charge in [0.25, 0.3) is 0 Å². The molecule has 3 atom stereocenters. The molecule has 0 bridgehead atoms. The molecule has 3 N–H and O–H groups in total. The molecule has 1 fully saturated rings. The van der Waals surface area contributed by atoms with Crippen molar-refractivity contribution < 1.29 is 9.90 Å². The summed E-state index contributed by atoms with van der Waals surface area (Å²) in [5.74, 6) is 0.135. The van der Waals surface area contributed by atoms with E-state index >= 15 is 0 Å². The molecule has 82 valence electrons. The molecule has 1 rings (SSSR count). The van der Waals surface area contributed by atoms with E-state index < -0.39 is 6.10 Å². The summed E-state index contributed by atoms with van der Waals surface area (Å²) in [4.78, 5) is 11.7. The Morgan fingerprint density at radius 1 is 1.57 bits per heavy atom. The van der Waals surface area contributed by atoms with Crippen LogP contribution in [0.25, 0.3) is 0 Å². The van der Waals surface area contributed by atoms with Gasteiger partial charge in [0.1, 0.15) is 0 Å². The molecule has 4 heteroatoms. The lowest BCUT2D eigenvalue weighted by Gasteiger charge is -2.24. The fourth-order valence-electron chi connectivity index (χ4n) is 1.54. The van der Waals surface area contributed by atoms with Crippen molar-refractivity contribution in [2.75, 3.05) is 13.1 Å². The minimum absolute atomic E-state index is 0.0607. The Labute approximate surface area is 85.1 Å². The first kappa shape index (κ1) is 11.5. The zero-order chi connectivity index (χ0) is 10.6. The van der Waals surface area contributed by atoms with Gasteiger partial charge in [0.05, 0.1) is 18.1 Å². The molecule has 1 saturated heterocycles. The Bertz CT molecular complexity index is 189. The molecule has 0 aliphatic carbocycles. The quantitative estimate of drug-likeness (QED) is 0.595. The Kier molecular flexibility index (Phi) is 4.35. The monoisotopic (exact) mass is 200 g/mol. The summed E-state index contributed by atoms with van der Waals surface area (Å²) < 4.78 is 0. The van der Waals surface area contributed by atoms with E-state index in [9.17, 15) is 9.90 Å². The molecule has 1 aliphatic rings. The third-order valence-corrected chi connectivity index (χ3v) is 2.76. The number of carbonyl (C=O) groups is 1. The maximum atomic E-state index is 11.7. The van der Waals surface area contributed by atoms with E-state index in [0.717, 1.165) is 25.9 Å². The first-order valence-corrected chi connectivity index (χ1v) is 5.30. The van der Waals surface area contributed by atoms with Crippen LogP contribution in [0.2, 0.25) is 0 Å². The zero-order valence-corrected chi connectivity index (χ0v) is 8.92. The van der Waals surface area contributed by atoms with Crippen LogP contribution in [0.3, 0.4) is 0 Å². The maximum Gasteiger partial charge on any atom is 0.224 e. The van der Waals surface area contributed by atoms with Crippen LogP contribution in [0, 0.1) is 5.92 Å². The standard InChI is InChI=1S/C10H20N2O2/c1-7(8(2)13)12-10(14)9-4-3-5-11-6-9/h7-9,11,13H,3-6H2,1-2H3,(H,12,14)/t7?,8?,9-/m0/s1.